The molecule has 1 aromatic rings. The van der Waals surface area contributed by atoms with E-state index in [0.29, 0.717) is 12.5 Å². The lowest BCUT2D eigenvalue weighted by Crippen LogP contribution is -2.32. The van der Waals surface area contributed by atoms with Crippen LogP contribution in [-0.4, -0.2) is 23.6 Å². The van der Waals surface area contributed by atoms with E-state index in [0.717, 1.165) is 40.2 Å². The molecule has 0 amide bonds. The first kappa shape index (κ1) is 18.6. The molecule has 0 saturated heterocycles. The number of halogens is 1. The van der Waals surface area contributed by atoms with Crippen LogP contribution in [-0.2, 0) is 16.8 Å². The summed E-state index contributed by atoms with van der Waals surface area (Å²) in [6, 6.07) is 0. The van der Waals surface area contributed by atoms with Crippen LogP contribution in [0.1, 0.15) is 59.0 Å². The van der Waals surface area contributed by atoms with Crippen molar-refractivity contribution in [1.29, 1.82) is 0 Å². The lowest BCUT2D eigenvalue weighted by Gasteiger charge is -2.31. The number of nitrogens with one attached hydrogen (secondary N) is 1. The van der Waals surface area contributed by atoms with Gasteiger partial charge in [0.05, 0.1) is 9.26 Å². The summed E-state index contributed by atoms with van der Waals surface area (Å²) in [6.45, 7) is 11.4. The Kier molecular flexibility index (Phi) is 7.33. The lowest BCUT2D eigenvalue weighted by atomic mass is 9.95. The zero-order chi connectivity index (χ0) is 16.0. The van der Waals surface area contributed by atoms with Gasteiger partial charge in [-0.15, -0.1) is 0 Å². The highest BCUT2D eigenvalue weighted by Crippen LogP contribution is 2.33. The summed E-state index contributed by atoms with van der Waals surface area (Å²) in [5.74, 6) is 2.28. The maximum atomic E-state index is 6.06. The number of aromatic nitrogens is 2. The summed E-state index contributed by atoms with van der Waals surface area (Å²) < 4.78 is 7.17. The second kappa shape index (κ2) is 8.27. The maximum absolute atomic E-state index is 6.06. The summed E-state index contributed by atoms with van der Waals surface area (Å²) in [4.78, 5) is 9.61. The largest absolute Gasteiger partial charge is 0.372 e. The van der Waals surface area contributed by atoms with Gasteiger partial charge in [-0.25, -0.2) is 9.97 Å². The average Bonchev–Trinajstić information content (AvgIpc) is 2.46. The molecule has 0 saturated carbocycles. The fourth-order valence-electron chi connectivity index (χ4n) is 2.50. The minimum absolute atomic E-state index is 0.379. The number of ether oxygens (including phenoxy) is 1. The lowest BCUT2D eigenvalue weighted by molar-refractivity contribution is -0.0572. The van der Waals surface area contributed by atoms with E-state index >= 15 is 0 Å². The first-order valence-corrected chi connectivity index (χ1v) is 8.90. The predicted molar refractivity (Wildman–Crippen MR) is 96.7 cm³/mol. The van der Waals surface area contributed by atoms with Gasteiger partial charge in [0, 0.05) is 13.7 Å². The van der Waals surface area contributed by atoms with Gasteiger partial charge in [-0.3, -0.25) is 0 Å². The molecule has 0 radical (unpaired) electrons. The monoisotopic (exact) mass is 405 g/mol. The van der Waals surface area contributed by atoms with Gasteiger partial charge >= 0.3 is 0 Å². The van der Waals surface area contributed by atoms with Gasteiger partial charge in [-0.2, -0.15) is 0 Å². The molecule has 5 heteroatoms. The molecule has 1 N–H and O–H groups in total. The Morgan fingerprint density at radius 2 is 1.81 bits per heavy atom. The fraction of sp³-hybridized carbons (Fsp3) is 0.750. The van der Waals surface area contributed by atoms with Crippen molar-refractivity contribution in [3.8, 4) is 0 Å². The summed E-state index contributed by atoms with van der Waals surface area (Å²) in [5.41, 5.74) is 0.738. The van der Waals surface area contributed by atoms with Crippen LogP contribution in [0, 0.1) is 9.49 Å². The van der Waals surface area contributed by atoms with E-state index in [1.54, 1.807) is 0 Å². The molecular weight excluding hydrogens is 377 g/mol. The number of anilines is 1. The number of hydrogen-bond donors (Lipinski definition) is 1. The Morgan fingerprint density at radius 3 is 2.24 bits per heavy atom. The summed E-state index contributed by atoms with van der Waals surface area (Å²) in [7, 11) is 1.91. The van der Waals surface area contributed by atoms with Crippen LogP contribution in [0.3, 0.4) is 0 Å². The Labute approximate surface area is 142 Å². The van der Waals surface area contributed by atoms with Crippen LogP contribution in [0.4, 0.5) is 5.82 Å². The Hall–Kier alpha value is -0.430. The van der Waals surface area contributed by atoms with Crippen LogP contribution >= 0.6 is 22.6 Å². The van der Waals surface area contributed by atoms with E-state index in [1.165, 1.54) is 0 Å². The molecule has 1 aromatic heterocycles. The molecule has 0 fully saturated rings. The van der Waals surface area contributed by atoms with E-state index in [4.69, 9.17) is 14.7 Å². The zero-order valence-corrected chi connectivity index (χ0v) is 16.2. The molecule has 0 aliphatic rings. The Bertz CT molecular complexity index is 459. The van der Waals surface area contributed by atoms with Crippen LogP contribution in [0.2, 0.25) is 0 Å². The third kappa shape index (κ3) is 4.28. The quantitative estimate of drug-likeness (QED) is 0.653. The molecule has 21 heavy (non-hydrogen) atoms. The normalized spacial score (nSPS) is 12.0. The number of hydrogen-bond acceptors (Lipinski definition) is 4. The van der Waals surface area contributed by atoms with Gasteiger partial charge in [0.25, 0.3) is 0 Å². The zero-order valence-electron chi connectivity index (χ0n) is 14.1. The second-order valence-corrected chi connectivity index (χ2v) is 6.72. The number of rotatable bonds is 8. The maximum Gasteiger partial charge on any atom is 0.162 e. The minimum Gasteiger partial charge on any atom is -0.372 e. The Morgan fingerprint density at radius 1 is 1.19 bits per heavy atom. The van der Waals surface area contributed by atoms with E-state index in [-0.39, 0.29) is 5.60 Å². The third-order valence-electron chi connectivity index (χ3n) is 3.73. The van der Waals surface area contributed by atoms with Crippen LogP contribution in [0.15, 0.2) is 0 Å². The highest BCUT2D eigenvalue weighted by Gasteiger charge is 2.33. The van der Waals surface area contributed by atoms with E-state index < -0.39 is 0 Å². The molecular formula is C16H28IN3O. The first-order valence-electron chi connectivity index (χ1n) is 7.82. The van der Waals surface area contributed by atoms with Crippen molar-refractivity contribution < 1.29 is 4.74 Å². The van der Waals surface area contributed by atoms with Crippen molar-refractivity contribution in [2.45, 2.75) is 59.5 Å². The molecule has 0 spiro atoms. The number of nitrogens with zero attached hydrogens (tertiary/aromatic N) is 2. The van der Waals surface area contributed by atoms with Crippen LogP contribution in [0.5, 0.6) is 0 Å². The smallest absolute Gasteiger partial charge is 0.162 e. The molecule has 1 heterocycles. The first-order chi connectivity index (χ1) is 9.93. The highest BCUT2D eigenvalue weighted by atomic mass is 127. The average molecular weight is 405 g/mol. The summed E-state index contributed by atoms with van der Waals surface area (Å²) in [5, 5.41) is 3.20. The molecule has 4 nitrogen and oxygen atoms in total. The predicted octanol–water partition coefficient (Wildman–Crippen LogP) is 4.37. The fourth-order valence-corrected chi connectivity index (χ4v) is 3.23. The summed E-state index contributed by atoms with van der Waals surface area (Å²) >= 11 is 2.34. The van der Waals surface area contributed by atoms with E-state index in [1.807, 2.05) is 14.0 Å². The van der Waals surface area contributed by atoms with Gasteiger partial charge in [0.1, 0.15) is 11.4 Å². The molecule has 0 atom stereocenters. The second-order valence-electron chi connectivity index (χ2n) is 5.64. The minimum atomic E-state index is -0.379. The van der Waals surface area contributed by atoms with E-state index in [2.05, 4.69) is 55.6 Å². The summed E-state index contributed by atoms with van der Waals surface area (Å²) in [6.07, 6.45) is 2.71. The van der Waals surface area contributed by atoms with Gasteiger partial charge < -0.3 is 10.1 Å². The van der Waals surface area contributed by atoms with Gasteiger partial charge in [0.15, 0.2) is 5.82 Å². The third-order valence-corrected chi connectivity index (χ3v) is 4.86. The van der Waals surface area contributed by atoms with Crippen molar-refractivity contribution in [2.24, 2.45) is 5.92 Å². The molecule has 1 rings (SSSR count). The van der Waals surface area contributed by atoms with Crippen molar-refractivity contribution in [3.05, 3.63) is 15.1 Å². The Balaban J connectivity index is 3.40. The van der Waals surface area contributed by atoms with Gasteiger partial charge in [-0.05, 0) is 54.7 Å². The van der Waals surface area contributed by atoms with Crippen molar-refractivity contribution >= 4 is 28.4 Å². The molecule has 0 unspecified atom stereocenters. The highest BCUT2D eigenvalue weighted by molar-refractivity contribution is 14.1. The van der Waals surface area contributed by atoms with Crippen LogP contribution in [0.25, 0.3) is 0 Å². The molecule has 0 aromatic carbocycles. The van der Waals surface area contributed by atoms with Crippen molar-refractivity contribution in [3.63, 3.8) is 0 Å². The molecule has 0 bridgehead atoms. The van der Waals surface area contributed by atoms with Gasteiger partial charge in [0.2, 0.25) is 0 Å². The SMILES string of the molecule is CCOC(CC)(CC)c1nc(CC(C)C)c(I)c(NC)n1. The standard InChI is InChI=1S/C16H28IN3O/c1-7-16(8-2,21-9-3)15-19-12(10-11(4)5)13(17)14(18-6)20-15/h11H,7-10H2,1-6H3,(H,18,19,20). The van der Waals surface area contributed by atoms with Crippen molar-refractivity contribution in [1.82, 2.24) is 9.97 Å². The molecule has 0 aliphatic carbocycles. The molecule has 0 aliphatic heterocycles. The topological polar surface area (TPSA) is 47.0 Å². The van der Waals surface area contributed by atoms with Crippen molar-refractivity contribution in [2.75, 3.05) is 19.0 Å². The van der Waals surface area contributed by atoms with E-state index in [9.17, 15) is 0 Å². The van der Waals surface area contributed by atoms with Crippen LogP contribution < -0.4 is 5.32 Å². The van der Waals surface area contributed by atoms with Gasteiger partial charge in [-0.1, -0.05) is 27.7 Å². The molecule has 120 valence electrons.